The van der Waals surface area contributed by atoms with Crippen molar-refractivity contribution in [2.75, 3.05) is 39.6 Å². The van der Waals surface area contributed by atoms with E-state index in [1.165, 1.54) is 0 Å². The van der Waals surface area contributed by atoms with Crippen molar-refractivity contribution in [2.24, 2.45) is 0 Å². The van der Waals surface area contributed by atoms with Gasteiger partial charge in [-0.25, -0.2) is 0 Å². The number of nitrogens with zero attached hydrogens (tertiary/aromatic N) is 1. The molecule has 0 aliphatic carbocycles. The number of likely N-dealkylation sites (N-methyl/N-ethyl adjacent to an activating group) is 1. The Kier molecular flexibility index (Phi) is 5.45. The molecular formula is C13H20N2O3. The minimum absolute atomic E-state index is 0.122. The second-order valence-corrected chi connectivity index (χ2v) is 3.88. The monoisotopic (exact) mass is 252 g/mol. The first-order valence-electron chi connectivity index (χ1n) is 5.87. The Hall–Kier alpha value is -1.75. The third-order valence-corrected chi connectivity index (χ3v) is 2.54. The van der Waals surface area contributed by atoms with E-state index in [0.29, 0.717) is 36.8 Å². The number of carbonyl (C=O) groups is 1. The third-order valence-electron chi connectivity index (χ3n) is 2.54. The van der Waals surface area contributed by atoms with Gasteiger partial charge in [0.2, 0.25) is 0 Å². The number of hydrogen-bond donors (Lipinski definition) is 1. The molecule has 0 atom stereocenters. The molecule has 0 fully saturated rings. The van der Waals surface area contributed by atoms with Crippen LogP contribution in [0.3, 0.4) is 0 Å². The summed E-state index contributed by atoms with van der Waals surface area (Å²) in [7, 11) is 3.32. The molecule has 0 unspecified atom stereocenters. The molecule has 100 valence electrons. The van der Waals surface area contributed by atoms with Gasteiger partial charge >= 0.3 is 0 Å². The van der Waals surface area contributed by atoms with Gasteiger partial charge in [0.15, 0.2) is 5.75 Å². The zero-order chi connectivity index (χ0) is 13.5. The molecule has 1 amide bonds. The molecule has 0 saturated heterocycles. The van der Waals surface area contributed by atoms with Gasteiger partial charge in [-0.2, -0.15) is 0 Å². The van der Waals surface area contributed by atoms with E-state index in [1.54, 1.807) is 37.3 Å². The van der Waals surface area contributed by atoms with Crippen molar-refractivity contribution in [1.82, 2.24) is 4.90 Å². The van der Waals surface area contributed by atoms with Crippen molar-refractivity contribution < 1.29 is 14.3 Å². The van der Waals surface area contributed by atoms with Crippen LogP contribution in [-0.4, -0.2) is 44.7 Å². The maximum absolute atomic E-state index is 12.2. The molecule has 0 saturated carbocycles. The van der Waals surface area contributed by atoms with Crippen molar-refractivity contribution in [1.29, 1.82) is 0 Å². The van der Waals surface area contributed by atoms with Crippen LogP contribution < -0.4 is 10.5 Å². The summed E-state index contributed by atoms with van der Waals surface area (Å²) in [4.78, 5) is 13.8. The zero-order valence-corrected chi connectivity index (χ0v) is 11.1. The van der Waals surface area contributed by atoms with Gasteiger partial charge < -0.3 is 20.1 Å². The van der Waals surface area contributed by atoms with Crippen molar-refractivity contribution >= 4 is 11.6 Å². The van der Waals surface area contributed by atoms with Gasteiger partial charge in [0.25, 0.3) is 5.91 Å². The Bertz CT molecular complexity index is 407. The highest BCUT2D eigenvalue weighted by Crippen LogP contribution is 2.27. The number of ether oxygens (including phenoxy) is 2. The lowest BCUT2D eigenvalue weighted by atomic mass is 10.1. The highest BCUT2D eigenvalue weighted by atomic mass is 16.5. The largest absolute Gasteiger partial charge is 0.491 e. The van der Waals surface area contributed by atoms with E-state index in [0.717, 1.165) is 0 Å². The van der Waals surface area contributed by atoms with Gasteiger partial charge in [-0.3, -0.25) is 4.79 Å². The predicted molar refractivity (Wildman–Crippen MR) is 70.9 cm³/mol. The topological polar surface area (TPSA) is 64.8 Å². The molecule has 0 spiro atoms. The van der Waals surface area contributed by atoms with E-state index >= 15 is 0 Å². The molecule has 2 N–H and O–H groups in total. The van der Waals surface area contributed by atoms with Gasteiger partial charge in [-0.05, 0) is 19.1 Å². The second-order valence-electron chi connectivity index (χ2n) is 3.88. The number of amides is 1. The summed E-state index contributed by atoms with van der Waals surface area (Å²) < 4.78 is 10.4. The first-order valence-corrected chi connectivity index (χ1v) is 5.87. The number of para-hydroxylation sites is 1. The van der Waals surface area contributed by atoms with E-state index in [4.69, 9.17) is 15.2 Å². The van der Waals surface area contributed by atoms with Crippen LogP contribution in [0.4, 0.5) is 5.69 Å². The smallest absolute Gasteiger partial charge is 0.257 e. The van der Waals surface area contributed by atoms with Crippen LogP contribution in [0.5, 0.6) is 5.75 Å². The minimum Gasteiger partial charge on any atom is -0.491 e. The van der Waals surface area contributed by atoms with Crippen molar-refractivity contribution in [3.63, 3.8) is 0 Å². The van der Waals surface area contributed by atoms with E-state index in [-0.39, 0.29) is 5.91 Å². The Labute approximate surface area is 107 Å². The van der Waals surface area contributed by atoms with Gasteiger partial charge in [-0.1, -0.05) is 6.07 Å². The van der Waals surface area contributed by atoms with Crippen LogP contribution in [0.1, 0.15) is 17.3 Å². The number of nitrogen functional groups attached to an aromatic ring is 1. The number of carbonyl (C=O) groups excluding carboxylic acids is 1. The Balaban J connectivity index is 2.94. The first-order chi connectivity index (χ1) is 8.61. The summed E-state index contributed by atoms with van der Waals surface area (Å²) in [6.07, 6.45) is 0. The van der Waals surface area contributed by atoms with Crippen molar-refractivity contribution in [2.45, 2.75) is 6.92 Å². The summed E-state index contributed by atoms with van der Waals surface area (Å²) >= 11 is 0. The van der Waals surface area contributed by atoms with Crippen LogP contribution >= 0.6 is 0 Å². The molecule has 5 nitrogen and oxygen atoms in total. The van der Waals surface area contributed by atoms with E-state index < -0.39 is 0 Å². The van der Waals surface area contributed by atoms with Gasteiger partial charge in [0.1, 0.15) is 0 Å². The molecule has 1 aromatic rings. The van der Waals surface area contributed by atoms with Crippen molar-refractivity contribution in [3.05, 3.63) is 23.8 Å². The Morgan fingerprint density at radius 2 is 2.17 bits per heavy atom. The molecule has 0 aromatic heterocycles. The van der Waals surface area contributed by atoms with Crippen LogP contribution in [0, 0.1) is 0 Å². The fourth-order valence-electron chi connectivity index (χ4n) is 1.56. The number of nitrogens with two attached hydrogens (primary N) is 1. The van der Waals surface area contributed by atoms with Crippen molar-refractivity contribution in [3.8, 4) is 5.75 Å². The van der Waals surface area contributed by atoms with E-state index in [9.17, 15) is 4.79 Å². The summed E-state index contributed by atoms with van der Waals surface area (Å²) in [6, 6.07) is 5.18. The SMILES string of the molecule is CCOc1c(N)cccc1C(=O)N(C)CCOC. The molecule has 5 heteroatoms. The fraction of sp³-hybridized carbons (Fsp3) is 0.462. The fourth-order valence-corrected chi connectivity index (χ4v) is 1.56. The summed E-state index contributed by atoms with van der Waals surface area (Å²) in [5.74, 6) is 0.331. The highest BCUT2D eigenvalue weighted by molar-refractivity contribution is 5.98. The number of rotatable bonds is 6. The molecular weight excluding hydrogens is 232 g/mol. The number of anilines is 1. The van der Waals surface area contributed by atoms with Gasteiger partial charge in [-0.15, -0.1) is 0 Å². The molecule has 1 rings (SSSR count). The lowest BCUT2D eigenvalue weighted by Crippen LogP contribution is -2.30. The molecule has 18 heavy (non-hydrogen) atoms. The second kappa shape index (κ2) is 6.86. The third kappa shape index (κ3) is 3.37. The molecule has 0 aliphatic heterocycles. The number of methoxy groups -OCH3 is 1. The molecule has 0 bridgehead atoms. The standard InChI is InChI=1S/C13H20N2O3/c1-4-18-12-10(6-5-7-11(12)14)13(16)15(2)8-9-17-3/h5-7H,4,8-9,14H2,1-3H3. The van der Waals surface area contributed by atoms with Crippen LogP contribution in [-0.2, 0) is 4.74 Å². The van der Waals surface area contributed by atoms with Crippen LogP contribution in [0.2, 0.25) is 0 Å². The summed E-state index contributed by atoms with van der Waals surface area (Å²) in [5, 5.41) is 0. The maximum Gasteiger partial charge on any atom is 0.257 e. The maximum atomic E-state index is 12.2. The molecule has 0 aliphatic rings. The van der Waals surface area contributed by atoms with Gasteiger partial charge in [0.05, 0.1) is 24.5 Å². The minimum atomic E-state index is -0.122. The first kappa shape index (κ1) is 14.3. The summed E-state index contributed by atoms with van der Waals surface area (Å²) in [6.45, 7) is 3.34. The van der Waals surface area contributed by atoms with E-state index in [1.807, 2.05) is 6.92 Å². The highest BCUT2D eigenvalue weighted by Gasteiger charge is 2.18. The normalized spacial score (nSPS) is 10.2. The average molecular weight is 252 g/mol. The molecule has 1 aromatic carbocycles. The zero-order valence-electron chi connectivity index (χ0n) is 11.1. The Morgan fingerprint density at radius 1 is 1.44 bits per heavy atom. The van der Waals surface area contributed by atoms with Crippen LogP contribution in [0.25, 0.3) is 0 Å². The molecule has 0 heterocycles. The lowest BCUT2D eigenvalue weighted by molar-refractivity contribution is 0.0740. The van der Waals surface area contributed by atoms with E-state index in [2.05, 4.69) is 0 Å². The molecule has 0 radical (unpaired) electrons. The number of benzene rings is 1. The quantitative estimate of drug-likeness (QED) is 0.777. The predicted octanol–water partition coefficient (Wildman–Crippen LogP) is 1.39. The number of hydrogen-bond acceptors (Lipinski definition) is 4. The average Bonchev–Trinajstić information content (AvgIpc) is 2.37. The Morgan fingerprint density at radius 3 is 2.78 bits per heavy atom. The van der Waals surface area contributed by atoms with Gasteiger partial charge in [0, 0.05) is 20.7 Å². The summed E-state index contributed by atoms with van der Waals surface area (Å²) in [5.41, 5.74) is 6.78. The van der Waals surface area contributed by atoms with Crippen LogP contribution in [0.15, 0.2) is 18.2 Å². The lowest BCUT2D eigenvalue weighted by Gasteiger charge is -2.19.